The maximum absolute atomic E-state index is 12.9. The molecule has 2 saturated heterocycles. The maximum Gasteiger partial charge on any atom is 0.242 e. The van der Waals surface area contributed by atoms with E-state index in [2.05, 4.69) is 19.2 Å². The summed E-state index contributed by atoms with van der Waals surface area (Å²) >= 11 is 0. The Morgan fingerprint density at radius 3 is 2.84 bits per heavy atom. The molecule has 2 unspecified atom stereocenters. The number of rotatable bonds is 6. The highest BCUT2D eigenvalue weighted by atomic mass is 16.5. The Morgan fingerprint density at radius 2 is 2.32 bits per heavy atom. The average molecular weight is 268 g/mol. The van der Waals surface area contributed by atoms with E-state index in [0.29, 0.717) is 11.8 Å². The first-order chi connectivity index (χ1) is 9.22. The molecule has 2 rings (SSSR count). The Kier molecular flexibility index (Phi) is 5.22. The van der Waals surface area contributed by atoms with Gasteiger partial charge in [-0.15, -0.1) is 0 Å². The van der Waals surface area contributed by atoms with Crippen LogP contribution in [0.25, 0.3) is 0 Å². The molecule has 2 aliphatic rings. The lowest BCUT2D eigenvalue weighted by Crippen LogP contribution is -2.55. The Labute approximate surface area is 116 Å². The van der Waals surface area contributed by atoms with Crippen LogP contribution in [-0.4, -0.2) is 49.2 Å². The van der Waals surface area contributed by atoms with Crippen molar-refractivity contribution in [3.63, 3.8) is 0 Å². The van der Waals surface area contributed by atoms with Crippen molar-refractivity contribution in [3.05, 3.63) is 0 Å². The quantitative estimate of drug-likeness (QED) is 0.798. The number of hydrogen-bond acceptors (Lipinski definition) is 3. The van der Waals surface area contributed by atoms with E-state index in [0.717, 1.165) is 65.0 Å². The van der Waals surface area contributed by atoms with Gasteiger partial charge in [-0.1, -0.05) is 13.3 Å². The van der Waals surface area contributed by atoms with E-state index in [-0.39, 0.29) is 5.54 Å². The number of carbonyl (C=O) groups is 1. The van der Waals surface area contributed by atoms with Crippen LogP contribution in [0.5, 0.6) is 0 Å². The molecule has 4 nitrogen and oxygen atoms in total. The number of ether oxygens (including phenoxy) is 1. The molecule has 0 spiro atoms. The summed E-state index contributed by atoms with van der Waals surface area (Å²) in [7, 11) is 0. The molecule has 19 heavy (non-hydrogen) atoms. The van der Waals surface area contributed by atoms with Gasteiger partial charge in [-0.05, 0) is 39.2 Å². The Hall–Kier alpha value is -0.610. The third-order valence-electron chi connectivity index (χ3n) is 4.50. The normalized spacial score (nSPS) is 30.7. The summed E-state index contributed by atoms with van der Waals surface area (Å²) < 4.78 is 5.43. The molecule has 0 bridgehead atoms. The zero-order valence-electron chi connectivity index (χ0n) is 12.4. The summed E-state index contributed by atoms with van der Waals surface area (Å²) in [6.07, 6.45) is 5.23. The van der Waals surface area contributed by atoms with Gasteiger partial charge in [-0.2, -0.15) is 0 Å². The van der Waals surface area contributed by atoms with E-state index in [4.69, 9.17) is 4.74 Å². The lowest BCUT2D eigenvalue weighted by Gasteiger charge is -2.35. The Balaban J connectivity index is 2.00. The van der Waals surface area contributed by atoms with Crippen molar-refractivity contribution >= 4 is 5.91 Å². The average Bonchev–Trinajstić information content (AvgIpc) is 3.07. The standard InChI is InChI=1S/C15H28N2O2/c1-3-7-15(8-5-9-16-15)14(18)17(4-2)11-13-6-10-19-12-13/h13,16H,3-12H2,1-2H3. The number of nitrogens with zero attached hydrogens (tertiary/aromatic N) is 1. The number of hydrogen-bond donors (Lipinski definition) is 1. The molecule has 4 heteroatoms. The number of carbonyl (C=O) groups excluding carboxylic acids is 1. The molecule has 2 heterocycles. The van der Waals surface area contributed by atoms with Gasteiger partial charge in [-0.3, -0.25) is 4.79 Å². The smallest absolute Gasteiger partial charge is 0.242 e. The summed E-state index contributed by atoms with van der Waals surface area (Å²) in [5.41, 5.74) is -0.274. The Morgan fingerprint density at radius 1 is 1.47 bits per heavy atom. The van der Waals surface area contributed by atoms with Crippen LogP contribution in [0.4, 0.5) is 0 Å². The van der Waals surface area contributed by atoms with E-state index in [1.165, 1.54) is 0 Å². The van der Waals surface area contributed by atoms with Gasteiger partial charge in [0.05, 0.1) is 12.1 Å². The largest absolute Gasteiger partial charge is 0.381 e. The van der Waals surface area contributed by atoms with E-state index in [1.54, 1.807) is 0 Å². The minimum absolute atomic E-state index is 0.274. The van der Waals surface area contributed by atoms with E-state index >= 15 is 0 Å². The molecule has 0 aliphatic carbocycles. The van der Waals surface area contributed by atoms with Gasteiger partial charge in [0.2, 0.25) is 5.91 Å². The summed E-state index contributed by atoms with van der Waals surface area (Å²) in [6, 6.07) is 0. The number of nitrogens with one attached hydrogen (secondary N) is 1. The fourth-order valence-corrected chi connectivity index (χ4v) is 3.43. The van der Waals surface area contributed by atoms with Crippen molar-refractivity contribution in [1.82, 2.24) is 10.2 Å². The summed E-state index contributed by atoms with van der Waals surface area (Å²) in [5.74, 6) is 0.852. The van der Waals surface area contributed by atoms with Gasteiger partial charge in [0, 0.05) is 25.6 Å². The van der Waals surface area contributed by atoms with E-state index in [9.17, 15) is 4.79 Å². The second-order valence-corrected chi connectivity index (χ2v) is 5.94. The van der Waals surface area contributed by atoms with Gasteiger partial charge < -0.3 is 15.0 Å². The molecule has 0 radical (unpaired) electrons. The van der Waals surface area contributed by atoms with Crippen LogP contribution in [0.2, 0.25) is 0 Å². The predicted molar refractivity (Wildman–Crippen MR) is 76.1 cm³/mol. The van der Waals surface area contributed by atoms with E-state index < -0.39 is 0 Å². The fourth-order valence-electron chi connectivity index (χ4n) is 3.43. The minimum atomic E-state index is -0.274. The fraction of sp³-hybridized carbons (Fsp3) is 0.933. The molecule has 0 aromatic carbocycles. The molecular weight excluding hydrogens is 240 g/mol. The lowest BCUT2D eigenvalue weighted by atomic mass is 9.89. The van der Waals surface area contributed by atoms with Crippen molar-refractivity contribution in [1.29, 1.82) is 0 Å². The van der Waals surface area contributed by atoms with Crippen LogP contribution < -0.4 is 5.32 Å². The topological polar surface area (TPSA) is 41.6 Å². The highest BCUT2D eigenvalue weighted by Gasteiger charge is 2.42. The maximum atomic E-state index is 12.9. The highest BCUT2D eigenvalue weighted by molar-refractivity contribution is 5.86. The molecule has 1 amide bonds. The van der Waals surface area contributed by atoms with Gasteiger partial charge >= 0.3 is 0 Å². The monoisotopic (exact) mass is 268 g/mol. The van der Waals surface area contributed by atoms with E-state index in [1.807, 2.05) is 4.90 Å². The zero-order valence-corrected chi connectivity index (χ0v) is 12.4. The first-order valence-corrected chi connectivity index (χ1v) is 7.84. The molecule has 0 aromatic rings. The van der Waals surface area contributed by atoms with Crippen LogP contribution in [0.3, 0.4) is 0 Å². The first kappa shape index (κ1) is 14.8. The summed E-state index contributed by atoms with van der Waals surface area (Å²) in [6.45, 7) is 8.58. The molecule has 0 saturated carbocycles. The highest BCUT2D eigenvalue weighted by Crippen LogP contribution is 2.28. The van der Waals surface area contributed by atoms with Gasteiger partial charge in [0.15, 0.2) is 0 Å². The van der Waals surface area contributed by atoms with Gasteiger partial charge in [-0.25, -0.2) is 0 Å². The second-order valence-electron chi connectivity index (χ2n) is 5.94. The predicted octanol–water partition coefficient (Wildman–Crippen LogP) is 1.79. The molecule has 2 aliphatic heterocycles. The number of amides is 1. The molecule has 2 atom stereocenters. The van der Waals surface area contributed by atoms with Crippen molar-refractivity contribution in [2.75, 3.05) is 32.8 Å². The second kappa shape index (κ2) is 6.71. The van der Waals surface area contributed by atoms with Gasteiger partial charge in [0.25, 0.3) is 0 Å². The van der Waals surface area contributed by atoms with Crippen molar-refractivity contribution in [2.45, 2.75) is 51.5 Å². The summed E-state index contributed by atoms with van der Waals surface area (Å²) in [4.78, 5) is 14.9. The van der Waals surface area contributed by atoms with Crippen LogP contribution in [0.1, 0.15) is 46.0 Å². The molecular formula is C15H28N2O2. The van der Waals surface area contributed by atoms with Crippen LogP contribution >= 0.6 is 0 Å². The molecule has 0 aromatic heterocycles. The third-order valence-corrected chi connectivity index (χ3v) is 4.50. The molecule has 110 valence electrons. The van der Waals surface area contributed by atoms with Crippen LogP contribution in [0.15, 0.2) is 0 Å². The van der Waals surface area contributed by atoms with Gasteiger partial charge in [0.1, 0.15) is 0 Å². The third kappa shape index (κ3) is 3.29. The first-order valence-electron chi connectivity index (χ1n) is 7.84. The SMILES string of the molecule is CCCC1(C(=O)N(CC)CC2CCOC2)CCCN1. The Bertz CT molecular complexity index is 295. The van der Waals surface area contributed by atoms with Crippen LogP contribution in [-0.2, 0) is 9.53 Å². The number of likely N-dealkylation sites (N-methyl/N-ethyl adjacent to an activating group) is 1. The van der Waals surface area contributed by atoms with Crippen molar-refractivity contribution < 1.29 is 9.53 Å². The zero-order chi connectivity index (χ0) is 13.7. The summed E-state index contributed by atoms with van der Waals surface area (Å²) in [5, 5.41) is 3.49. The molecule has 2 fully saturated rings. The van der Waals surface area contributed by atoms with Crippen LogP contribution in [0, 0.1) is 5.92 Å². The van der Waals surface area contributed by atoms with Crippen molar-refractivity contribution in [3.8, 4) is 0 Å². The lowest BCUT2D eigenvalue weighted by molar-refractivity contribution is -0.138. The minimum Gasteiger partial charge on any atom is -0.381 e. The van der Waals surface area contributed by atoms with Crippen molar-refractivity contribution in [2.24, 2.45) is 5.92 Å². The molecule has 1 N–H and O–H groups in total.